The number of amides is 1. The van der Waals surface area contributed by atoms with Gasteiger partial charge in [0.15, 0.2) is 5.78 Å². The topological polar surface area (TPSA) is 74.1 Å². The summed E-state index contributed by atoms with van der Waals surface area (Å²) < 4.78 is 0. The maximum atomic E-state index is 13.9. The van der Waals surface area contributed by atoms with Crippen molar-refractivity contribution in [2.45, 2.75) is 19.3 Å². The molecule has 1 atom stereocenters. The predicted octanol–water partition coefficient (Wildman–Crippen LogP) is 3.35. The van der Waals surface area contributed by atoms with Crippen LogP contribution in [0.2, 0.25) is 0 Å². The summed E-state index contributed by atoms with van der Waals surface area (Å²) in [6.45, 7) is 3.92. The van der Waals surface area contributed by atoms with Crippen molar-refractivity contribution < 1.29 is 9.59 Å². The largest absolute Gasteiger partial charge is 0.306 e. The van der Waals surface area contributed by atoms with E-state index in [1.807, 2.05) is 48.5 Å². The lowest BCUT2D eigenvalue weighted by Crippen LogP contribution is -2.56. The number of rotatable bonds is 2. The van der Waals surface area contributed by atoms with Crippen LogP contribution in [0.25, 0.3) is 0 Å². The second kappa shape index (κ2) is 6.28. The third-order valence-corrected chi connectivity index (χ3v) is 5.64. The molecular formula is C23H19N3O2. The van der Waals surface area contributed by atoms with E-state index in [4.69, 9.17) is 0 Å². The number of carbonyl (C=O) groups excluding carboxylic acids is 2. The average molecular weight is 369 g/mol. The molecule has 0 spiro atoms. The van der Waals surface area contributed by atoms with Gasteiger partial charge in [-0.25, -0.2) is 0 Å². The van der Waals surface area contributed by atoms with E-state index >= 15 is 0 Å². The summed E-state index contributed by atoms with van der Waals surface area (Å²) in [4.78, 5) is 32.6. The van der Waals surface area contributed by atoms with Gasteiger partial charge in [-0.3, -0.25) is 14.6 Å². The Labute approximate surface area is 163 Å². The number of nitrogens with zero attached hydrogens (tertiary/aromatic N) is 3. The first-order valence-corrected chi connectivity index (χ1v) is 9.09. The van der Waals surface area contributed by atoms with Crippen LogP contribution in [0.1, 0.15) is 19.4 Å². The van der Waals surface area contributed by atoms with Crippen LogP contribution in [-0.2, 0) is 15.0 Å². The zero-order valence-corrected chi connectivity index (χ0v) is 15.7. The van der Waals surface area contributed by atoms with Crippen LogP contribution in [0.4, 0.5) is 5.69 Å². The van der Waals surface area contributed by atoms with E-state index in [0.717, 1.165) is 11.1 Å². The number of pyridine rings is 1. The van der Waals surface area contributed by atoms with Crippen LogP contribution in [-0.4, -0.2) is 23.2 Å². The molecule has 0 bridgehead atoms. The summed E-state index contributed by atoms with van der Waals surface area (Å²) in [6, 6.07) is 15.0. The monoisotopic (exact) mass is 369 g/mol. The highest BCUT2D eigenvalue weighted by Crippen LogP contribution is 2.52. The molecule has 1 aromatic heterocycles. The average Bonchev–Trinajstić information content (AvgIpc) is 2.73. The van der Waals surface area contributed by atoms with E-state index in [9.17, 15) is 14.9 Å². The molecule has 1 aliphatic heterocycles. The van der Waals surface area contributed by atoms with Gasteiger partial charge in [0.2, 0.25) is 5.91 Å². The molecule has 0 radical (unpaired) electrons. The maximum absolute atomic E-state index is 13.9. The highest BCUT2D eigenvalue weighted by Gasteiger charge is 2.57. The molecule has 5 nitrogen and oxygen atoms in total. The van der Waals surface area contributed by atoms with Crippen molar-refractivity contribution in [3.05, 3.63) is 83.7 Å². The Morgan fingerprint density at radius 1 is 1.11 bits per heavy atom. The number of fused-ring (bicyclic) bond motifs is 1. The number of Topliss-reactive ketones (excluding diaryl/α,β-unsaturated/α-hetero) is 1. The van der Waals surface area contributed by atoms with Gasteiger partial charge >= 0.3 is 0 Å². The SMILES string of the molecule is CC1(C)C(=O)C(C#N)=C[C@@]2(c3ccccc3)C(=O)N(c3cccnc3)CC=C12. The van der Waals surface area contributed by atoms with Gasteiger partial charge in [0.25, 0.3) is 0 Å². The van der Waals surface area contributed by atoms with Crippen molar-refractivity contribution >= 4 is 17.4 Å². The normalized spacial score (nSPS) is 23.4. The first-order chi connectivity index (χ1) is 13.4. The maximum Gasteiger partial charge on any atom is 0.246 e. The van der Waals surface area contributed by atoms with Gasteiger partial charge in [0, 0.05) is 12.7 Å². The third-order valence-electron chi connectivity index (χ3n) is 5.64. The molecule has 0 unspecified atom stereocenters. The number of carbonyl (C=O) groups is 2. The van der Waals surface area contributed by atoms with Crippen LogP contribution < -0.4 is 4.90 Å². The molecule has 0 saturated heterocycles. The molecule has 28 heavy (non-hydrogen) atoms. The Morgan fingerprint density at radius 3 is 2.50 bits per heavy atom. The Balaban J connectivity index is 2.03. The number of anilines is 1. The molecule has 1 aromatic carbocycles. The number of nitriles is 1. The highest BCUT2D eigenvalue weighted by molar-refractivity contribution is 6.15. The van der Waals surface area contributed by atoms with Crippen molar-refractivity contribution in [3.63, 3.8) is 0 Å². The fraction of sp³-hybridized carbons (Fsp3) is 0.217. The molecule has 1 aliphatic carbocycles. The first kappa shape index (κ1) is 17.9. The van der Waals surface area contributed by atoms with Crippen molar-refractivity contribution in [1.29, 1.82) is 5.26 Å². The summed E-state index contributed by atoms with van der Waals surface area (Å²) >= 11 is 0. The number of ketones is 1. The van der Waals surface area contributed by atoms with Crippen LogP contribution in [0, 0.1) is 16.7 Å². The summed E-state index contributed by atoms with van der Waals surface area (Å²) in [5, 5.41) is 9.62. The van der Waals surface area contributed by atoms with Crippen molar-refractivity contribution in [2.24, 2.45) is 5.41 Å². The van der Waals surface area contributed by atoms with Crippen LogP contribution >= 0.6 is 0 Å². The minimum Gasteiger partial charge on any atom is -0.306 e. The minimum absolute atomic E-state index is 0.0207. The molecule has 0 N–H and O–H groups in total. The number of hydrogen-bond acceptors (Lipinski definition) is 4. The molecule has 0 fully saturated rings. The smallest absolute Gasteiger partial charge is 0.246 e. The fourth-order valence-electron chi connectivity index (χ4n) is 4.27. The summed E-state index contributed by atoms with van der Waals surface area (Å²) in [6.07, 6.45) is 6.79. The van der Waals surface area contributed by atoms with Gasteiger partial charge in [-0.2, -0.15) is 5.26 Å². The molecule has 4 rings (SSSR count). The number of benzene rings is 1. The van der Waals surface area contributed by atoms with E-state index in [0.29, 0.717) is 12.2 Å². The number of aromatic nitrogens is 1. The molecule has 138 valence electrons. The Bertz CT molecular complexity index is 1060. The summed E-state index contributed by atoms with van der Waals surface area (Å²) in [5.74, 6) is -0.437. The van der Waals surface area contributed by atoms with Crippen LogP contribution in [0.3, 0.4) is 0 Å². The molecule has 2 heterocycles. The van der Waals surface area contributed by atoms with E-state index in [1.54, 1.807) is 43.3 Å². The summed E-state index contributed by atoms with van der Waals surface area (Å²) in [5.41, 5.74) is 0.0186. The third kappa shape index (κ3) is 2.35. The minimum atomic E-state index is -1.20. The zero-order chi connectivity index (χ0) is 19.9. The summed E-state index contributed by atoms with van der Waals surface area (Å²) in [7, 11) is 0. The molecule has 0 saturated carbocycles. The van der Waals surface area contributed by atoms with E-state index in [2.05, 4.69) is 4.98 Å². The number of allylic oxidation sites excluding steroid dienone is 1. The molecule has 2 aromatic rings. The van der Waals surface area contributed by atoms with Crippen molar-refractivity contribution in [2.75, 3.05) is 11.4 Å². The van der Waals surface area contributed by atoms with Crippen LogP contribution in [0.5, 0.6) is 0 Å². The van der Waals surface area contributed by atoms with Gasteiger partial charge in [-0.1, -0.05) is 36.4 Å². The Kier molecular flexibility index (Phi) is 4.01. The van der Waals surface area contributed by atoms with E-state index < -0.39 is 10.8 Å². The standard InChI is InChI=1S/C23H19N3O2/c1-22(2)19-10-12-26(18-9-6-11-25-15-18)21(28)23(19,13-16(14-24)20(22)27)17-7-4-3-5-8-17/h3-11,13,15H,12H2,1-2H3/t23-/m0/s1. The van der Waals surface area contributed by atoms with Crippen molar-refractivity contribution in [1.82, 2.24) is 4.98 Å². The van der Waals surface area contributed by atoms with Gasteiger partial charge in [0.05, 0.1) is 22.9 Å². The lowest BCUT2D eigenvalue weighted by atomic mass is 9.56. The highest BCUT2D eigenvalue weighted by atomic mass is 16.2. The van der Waals surface area contributed by atoms with Gasteiger partial charge in [-0.15, -0.1) is 0 Å². The van der Waals surface area contributed by atoms with E-state index in [1.165, 1.54) is 0 Å². The second-order valence-electron chi connectivity index (χ2n) is 7.54. The molecule has 2 aliphatic rings. The van der Waals surface area contributed by atoms with Gasteiger partial charge in [-0.05, 0) is 43.2 Å². The van der Waals surface area contributed by atoms with E-state index in [-0.39, 0.29) is 17.3 Å². The van der Waals surface area contributed by atoms with Gasteiger partial charge < -0.3 is 4.90 Å². The molecular weight excluding hydrogens is 350 g/mol. The fourth-order valence-corrected chi connectivity index (χ4v) is 4.27. The molecule has 1 amide bonds. The Hall–Kier alpha value is -3.52. The lowest BCUT2D eigenvalue weighted by molar-refractivity contribution is -0.125. The number of hydrogen-bond donors (Lipinski definition) is 0. The lowest BCUT2D eigenvalue weighted by Gasteiger charge is -2.48. The first-order valence-electron chi connectivity index (χ1n) is 9.09. The zero-order valence-electron chi connectivity index (χ0n) is 15.7. The van der Waals surface area contributed by atoms with Crippen molar-refractivity contribution in [3.8, 4) is 6.07 Å². The van der Waals surface area contributed by atoms with Crippen LogP contribution in [0.15, 0.2) is 78.2 Å². The van der Waals surface area contributed by atoms with Gasteiger partial charge in [0.1, 0.15) is 11.5 Å². The quantitative estimate of drug-likeness (QED) is 0.761. The predicted molar refractivity (Wildman–Crippen MR) is 105 cm³/mol. The molecule has 5 heteroatoms. The second-order valence-corrected chi connectivity index (χ2v) is 7.54. The Morgan fingerprint density at radius 2 is 1.86 bits per heavy atom.